The minimum Gasteiger partial charge on any atom is -0.393 e. The molecule has 1 aromatic rings. The van der Waals surface area contributed by atoms with Gasteiger partial charge in [0, 0.05) is 25.5 Å². The molecule has 0 bridgehead atoms. The van der Waals surface area contributed by atoms with Gasteiger partial charge in [-0.15, -0.1) is 0 Å². The molecule has 0 aliphatic heterocycles. The standard InChI is InChI=1S/C12H18N2O2/c1-9-4-5-11(8-13-9)12(16)14(3)7-6-10(2)15/h4-5,8,10,15H,6-7H2,1-3H3. The fraction of sp³-hybridized carbons (Fsp3) is 0.500. The van der Waals surface area contributed by atoms with E-state index in [2.05, 4.69) is 4.98 Å². The lowest BCUT2D eigenvalue weighted by Crippen LogP contribution is -2.29. The number of hydrogen-bond donors (Lipinski definition) is 1. The van der Waals surface area contributed by atoms with E-state index < -0.39 is 0 Å². The topological polar surface area (TPSA) is 53.4 Å². The van der Waals surface area contributed by atoms with Crippen LogP contribution in [0, 0.1) is 6.92 Å². The largest absolute Gasteiger partial charge is 0.393 e. The van der Waals surface area contributed by atoms with Crippen molar-refractivity contribution in [2.45, 2.75) is 26.4 Å². The maximum absolute atomic E-state index is 11.9. The number of carbonyl (C=O) groups is 1. The molecule has 1 unspecified atom stereocenters. The molecule has 1 amide bonds. The lowest BCUT2D eigenvalue weighted by molar-refractivity contribution is 0.0768. The zero-order chi connectivity index (χ0) is 12.1. The summed E-state index contributed by atoms with van der Waals surface area (Å²) in [6, 6.07) is 3.58. The van der Waals surface area contributed by atoms with E-state index in [0.29, 0.717) is 18.5 Å². The highest BCUT2D eigenvalue weighted by molar-refractivity contribution is 5.93. The lowest BCUT2D eigenvalue weighted by atomic mass is 10.2. The molecule has 1 rings (SSSR count). The van der Waals surface area contributed by atoms with E-state index in [-0.39, 0.29) is 12.0 Å². The zero-order valence-electron chi connectivity index (χ0n) is 9.97. The number of aryl methyl sites for hydroxylation is 1. The van der Waals surface area contributed by atoms with Crippen molar-refractivity contribution in [1.29, 1.82) is 0 Å². The number of hydrogen-bond acceptors (Lipinski definition) is 3. The monoisotopic (exact) mass is 222 g/mol. The Kier molecular flexibility index (Phi) is 4.43. The van der Waals surface area contributed by atoms with Crippen molar-refractivity contribution in [2.24, 2.45) is 0 Å². The van der Waals surface area contributed by atoms with Crippen LogP contribution >= 0.6 is 0 Å². The first-order chi connectivity index (χ1) is 7.50. The van der Waals surface area contributed by atoms with E-state index in [9.17, 15) is 4.79 Å². The maximum atomic E-state index is 11.9. The number of aliphatic hydroxyl groups is 1. The second-order valence-electron chi connectivity index (χ2n) is 4.05. The Labute approximate surface area is 95.9 Å². The Morgan fingerprint density at radius 1 is 1.56 bits per heavy atom. The van der Waals surface area contributed by atoms with Crippen LogP contribution in [0.15, 0.2) is 18.3 Å². The van der Waals surface area contributed by atoms with Crippen LogP contribution in [0.25, 0.3) is 0 Å². The normalized spacial score (nSPS) is 12.2. The minimum atomic E-state index is -0.383. The van der Waals surface area contributed by atoms with Gasteiger partial charge in [-0.1, -0.05) is 0 Å². The second kappa shape index (κ2) is 5.61. The third kappa shape index (κ3) is 3.62. The van der Waals surface area contributed by atoms with Gasteiger partial charge in [0.15, 0.2) is 0 Å². The summed E-state index contributed by atoms with van der Waals surface area (Å²) in [4.78, 5) is 17.6. The highest BCUT2D eigenvalue weighted by Gasteiger charge is 2.12. The second-order valence-corrected chi connectivity index (χ2v) is 4.05. The number of rotatable bonds is 4. The van der Waals surface area contributed by atoms with Gasteiger partial charge < -0.3 is 10.0 Å². The van der Waals surface area contributed by atoms with Crippen molar-refractivity contribution in [2.75, 3.05) is 13.6 Å². The van der Waals surface area contributed by atoms with Crippen LogP contribution in [0.5, 0.6) is 0 Å². The number of aromatic nitrogens is 1. The first kappa shape index (κ1) is 12.6. The molecule has 1 atom stereocenters. The summed E-state index contributed by atoms with van der Waals surface area (Å²) in [5.41, 5.74) is 1.47. The van der Waals surface area contributed by atoms with Crippen LogP contribution in [0.1, 0.15) is 29.4 Å². The molecule has 0 saturated carbocycles. The molecule has 0 aliphatic rings. The van der Waals surface area contributed by atoms with E-state index in [1.54, 1.807) is 31.1 Å². The van der Waals surface area contributed by atoms with Gasteiger partial charge in [0.25, 0.3) is 5.91 Å². The lowest BCUT2D eigenvalue weighted by Gasteiger charge is -2.17. The van der Waals surface area contributed by atoms with Crippen LogP contribution in [-0.2, 0) is 0 Å². The van der Waals surface area contributed by atoms with Crippen molar-refractivity contribution in [3.8, 4) is 0 Å². The van der Waals surface area contributed by atoms with Gasteiger partial charge in [0.05, 0.1) is 11.7 Å². The molecule has 1 N–H and O–H groups in total. The quantitative estimate of drug-likeness (QED) is 0.833. The zero-order valence-corrected chi connectivity index (χ0v) is 9.97. The van der Waals surface area contributed by atoms with Gasteiger partial charge in [-0.2, -0.15) is 0 Å². The molecule has 4 heteroatoms. The van der Waals surface area contributed by atoms with Crippen molar-refractivity contribution < 1.29 is 9.90 Å². The molecular formula is C12H18N2O2. The van der Waals surface area contributed by atoms with Crippen molar-refractivity contribution in [1.82, 2.24) is 9.88 Å². The Morgan fingerprint density at radius 3 is 2.75 bits per heavy atom. The first-order valence-electron chi connectivity index (χ1n) is 5.37. The van der Waals surface area contributed by atoms with Gasteiger partial charge in [-0.25, -0.2) is 0 Å². The Bertz CT molecular complexity index is 347. The third-order valence-corrected chi connectivity index (χ3v) is 2.39. The smallest absolute Gasteiger partial charge is 0.255 e. The molecule has 88 valence electrons. The first-order valence-corrected chi connectivity index (χ1v) is 5.37. The summed E-state index contributed by atoms with van der Waals surface area (Å²) < 4.78 is 0. The van der Waals surface area contributed by atoms with Gasteiger partial charge in [0.1, 0.15) is 0 Å². The fourth-order valence-corrected chi connectivity index (χ4v) is 1.30. The van der Waals surface area contributed by atoms with E-state index in [4.69, 9.17) is 5.11 Å². The summed E-state index contributed by atoms with van der Waals surface area (Å²) in [6.45, 7) is 4.14. The molecular weight excluding hydrogens is 204 g/mol. The molecule has 0 aromatic carbocycles. The Morgan fingerprint density at radius 2 is 2.25 bits per heavy atom. The average Bonchev–Trinajstić information content (AvgIpc) is 2.26. The fourth-order valence-electron chi connectivity index (χ4n) is 1.30. The molecule has 0 radical (unpaired) electrons. The molecule has 1 aromatic heterocycles. The van der Waals surface area contributed by atoms with E-state index in [1.807, 2.05) is 13.0 Å². The Hall–Kier alpha value is -1.42. The average molecular weight is 222 g/mol. The maximum Gasteiger partial charge on any atom is 0.255 e. The third-order valence-electron chi connectivity index (χ3n) is 2.39. The molecule has 4 nitrogen and oxygen atoms in total. The number of aliphatic hydroxyl groups excluding tert-OH is 1. The van der Waals surface area contributed by atoms with Gasteiger partial charge in [-0.05, 0) is 32.4 Å². The van der Waals surface area contributed by atoms with Crippen LogP contribution in [0.4, 0.5) is 0 Å². The van der Waals surface area contributed by atoms with E-state index in [1.165, 1.54) is 0 Å². The van der Waals surface area contributed by atoms with E-state index >= 15 is 0 Å². The molecule has 0 spiro atoms. The molecule has 0 aliphatic carbocycles. The van der Waals surface area contributed by atoms with Crippen LogP contribution in [-0.4, -0.2) is 40.6 Å². The highest BCUT2D eigenvalue weighted by atomic mass is 16.3. The van der Waals surface area contributed by atoms with Gasteiger partial charge in [-0.3, -0.25) is 9.78 Å². The predicted octanol–water partition coefficient (Wildman–Crippen LogP) is 1.23. The predicted molar refractivity (Wildman–Crippen MR) is 62.2 cm³/mol. The molecule has 1 heterocycles. The van der Waals surface area contributed by atoms with E-state index in [0.717, 1.165) is 5.69 Å². The molecule has 16 heavy (non-hydrogen) atoms. The summed E-state index contributed by atoms with van der Waals surface area (Å²) in [6.07, 6.45) is 1.78. The van der Waals surface area contributed by atoms with Crippen molar-refractivity contribution in [3.05, 3.63) is 29.6 Å². The number of carbonyl (C=O) groups excluding carboxylic acids is 1. The van der Waals surface area contributed by atoms with Gasteiger partial charge >= 0.3 is 0 Å². The van der Waals surface area contributed by atoms with Crippen molar-refractivity contribution >= 4 is 5.91 Å². The highest BCUT2D eigenvalue weighted by Crippen LogP contribution is 2.04. The van der Waals surface area contributed by atoms with Crippen molar-refractivity contribution in [3.63, 3.8) is 0 Å². The molecule has 0 fully saturated rings. The Balaban J connectivity index is 2.60. The minimum absolute atomic E-state index is 0.0619. The van der Waals surface area contributed by atoms with Gasteiger partial charge in [0.2, 0.25) is 0 Å². The summed E-state index contributed by atoms with van der Waals surface area (Å²) in [5, 5.41) is 9.14. The van der Waals surface area contributed by atoms with Crippen LogP contribution < -0.4 is 0 Å². The van der Waals surface area contributed by atoms with Crippen LogP contribution in [0.3, 0.4) is 0 Å². The summed E-state index contributed by atoms with van der Waals surface area (Å²) >= 11 is 0. The summed E-state index contributed by atoms with van der Waals surface area (Å²) in [5.74, 6) is -0.0619. The summed E-state index contributed by atoms with van der Waals surface area (Å²) in [7, 11) is 1.73. The molecule has 0 saturated heterocycles. The SMILES string of the molecule is Cc1ccc(C(=O)N(C)CCC(C)O)cn1. The van der Waals surface area contributed by atoms with Crippen LogP contribution in [0.2, 0.25) is 0 Å². The number of nitrogens with zero attached hydrogens (tertiary/aromatic N) is 2. The number of amides is 1. The number of pyridine rings is 1.